The van der Waals surface area contributed by atoms with Crippen LogP contribution < -0.4 is 4.74 Å². The molecule has 1 aliphatic heterocycles. The van der Waals surface area contributed by atoms with E-state index in [1.165, 1.54) is 7.11 Å². The number of carbonyl (C=O) groups is 1. The summed E-state index contributed by atoms with van der Waals surface area (Å²) in [5.74, 6) is 0.316. The molecule has 1 aliphatic rings. The molecule has 1 unspecified atom stereocenters. The number of pyridine rings is 1. The van der Waals surface area contributed by atoms with Crippen LogP contribution >= 0.6 is 0 Å². The van der Waals surface area contributed by atoms with Gasteiger partial charge in [0.25, 0.3) is 0 Å². The molecule has 136 valence electrons. The van der Waals surface area contributed by atoms with Gasteiger partial charge in [0.15, 0.2) is 0 Å². The summed E-state index contributed by atoms with van der Waals surface area (Å²) in [5.41, 5.74) is 4.35. The minimum absolute atomic E-state index is 0.358. The Bertz CT molecular complexity index is 956. The van der Waals surface area contributed by atoms with Crippen molar-refractivity contribution in [3.05, 3.63) is 94.8 Å². The number of nitrogens with zero attached hydrogens (tertiary/aromatic N) is 1. The Morgan fingerprint density at radius 2 is 2.04 bits per heavy atom. The number of fused-ring (bicyclic) bond motifs is 2. The van der Waals surface area contributed by atoms with E-state index in [4.69, 9.17) is 14.2 Å². The zero-order chi connectivity index (χ0) is 18.6. The van der Waals surface area contributed by atoms with Crippen LogP contribution in [0.25, 0.3) is 0 Å². The highest BCUT2D eigenvalue weighted by Crippen LogP contribution is 2.39. The molecular formula is C22H19NO4. The first-order chi connectivity index (χ1) is 13.3. The average Bonchev–Trinajstić information content (AvgIpc) is 2.88. The van der Waals surface area contributed by atoms with Crippen LogP contribution in [0.1, 0.15) is 38.7 Å². The fourth-order valence-corrected chi connectivity index (χ4v) is 3.22. The third-order valence-electron chi connectivity index (χ3n) is 4.57. The van der Waals surface area contributed by atoms with E-state index in [1.54, 1.807) is 30.6 Å². The Labute approximate surface area is 157 Å². The van der Waals surface area contributed by atoms with Crippen molar-refractivity contribution in [1.82, 2.24) is 4.98 Å². The molecule has 0 aliphatic carbocycles. The van der Waals surface area contributed by atoms with E-state index in [0.717, 1.165) is 22.3 Å². The largest absolute Gasteiger partial charge is 0.488 e. The second-order valence-electron chi connectivity index (χ2n) is 6.28. The molecular weight excluding hydrogens is 342 g/mol. The lowest BCUT2D eigenvalue weighted by Crippen LogP contribution is -2.09. The van der Waals surface area contributed by atoms with Crippen molar-refractivity contribution in [1.29, 1.82) is 0 Å². The Morgan fingerprint density at radius 3 is 2.85 bits per heavy atom. The molecule has 5 nitrogen and oxygen atoms in total. The molecule has 0 saturated carbocycles. The summed E-state index contributed by atoms with van der Waals surface area (Å²) in [6, 6.07) is 17.2. The van der Waals surface area contributed by atoms with Crippen LogP contribution in [0.5, 0.6) is 5.75 Å². The van der Waals surface area contributed by atoms with Crippen LogP contribution in [-0.4, -0.2) is 18.1 Å². The van der Waals surface area contributed by atoms with Crippen molar-refractivity contribution < 1.29 is 19.0 Å². The highest BCUT2D eigenvalue weighted by atomic mass is 16.5. The van der Waals surface area contributed by atoms with Crippen LogP contribution in [0.4, 0.5) is 0 Å². The molecule has 2 aromatic carbocycles. The predicted molar refractivity (Wildman–Crippen MR) is 99.4 cm³/mol. The van der Waals surface area contributed by atoms with Crippen LogP contribution in [0.3, 0.4) is 0 Å². The lowest BCUT2D eigenvalue weighted by molar-refractivity contribution is 0.0595. The van der Waals surface area contributed by atoms with E-state index >= 15 is 0 Å². The Morgan fingerprint density at radius 1 is 1.15 bits per heavy atom. The maximum atomic E-state index is 12.0. The highest BCUT2D eigenvalue weighted by molar-refractivity contribution is 5.89. The van der Waals surface area contributed by atoms with Crippen molar-refractivity contribution in [3.63, 3.8) is 0 Å². The topological polar surface area (TPSA) is 57.7 Å². The lowest BCUT2D eigenvalue weighted by atomic mass is 9.96. The zero-order valence-electron chi connectivity index (χ0n) is 14.9. The monoisotopic (exact) mass is 361 g/mol. The van der Waals surface area contributed by atoms with E-state index in [2.05, 4.69) is 4.98 Å². The molecule has 0 saturated heterocycles. The number of carbonyl (C=O) groups excluding carboxylic acids is 1. The molecule has 3 aromatic rings. The first-order valence-electron chi connectivity index (χ1n) is 8.69. The van der Waals surface area contributed by atoms with Gasteiger partial charge in [-0.15, -0.1) is 0 Å². The Balaban J connectivity index is 1.76. The van der Waals surface area contributed by atoms with Crippen LogP contribution in [-0.2, 0) is 22.7 Å². The van der Waals surface area contributed by atoms with Gasteiger partial charge in [-0.05, 0) is 41.0 Å². The van der Waals surface area contributed by atoms with E-state index in [0.29, 0.717) is 24.5 Å². The van der Waals surface area contributed by atoms with Gasteiger partial charge in [-0.2, -0.15) is 0 Å². The van der Waals surface area contributed by atoms with Crippen LogP contribution in [0.2, 0.25) is 0 Å². The molecule has 27 heavy (non-hydrogen) atoms. The summed E-state index contributed by atoms with van der Waals surface area (Å²) in [6.45, 7) is 0.849. The molecule has 4 rings (SSSR count). The number of esters is 1. The van der Waals surface area contributed by atoms with Crippen molar-refractivity contribution in [2.75, 3.05) is 7.11 Å². The van der Waals surface area contributed by atoms with Crippen molar-refractivity contribution >= 4 is 5.97 Å². The number of hydrogen-bond donors (Lipinski definition) is 0. The Kier molecular flexibility index (Phi) is 4.85. The minimum Gasteiger partial charge on any atom is -0.488 e. The second kappa shape index (κ2) is 7.60. The first kappa shape index (κ1) is 17.2. The molecule has 0 amide bonds. The van der Waals surface area contributed by atoms with Gasteiger partial charge in [0.2, 0.25) is 0 Å². The Hall–Kier alpha value is -3.18. The maximum Gasteiger partial charge on any atom is 0.337 e. The minimum atomic E-state index is -0.388. The van der Waals surface area contributed by atoms with Gasteiger partial charge in [0.1, 0.15) is 18.5 Å². The van der Waals surface area contributed by atoms with Gasteiger partial charge in [0.05, 0.1) is 19.3 Å². The number of hydrogen-bond acceptors (Lipinski definition) is 5. The van der Waals surface area contributed by atoms with Crippen molar-refractivity contribution in [3.8, 4) is 5.75 Å². The van der Waals surface area contributed by atoms with Gasteiger partial charge < -0.3 is 14.2 Å². The molecule has 0 N–H and O–H groups in total. The molecule has 1 aromatic heterocycles. The highest BCUT2D eigenvalue weighted by Gasteiger charge is 2.26. The van der Waals surface area contributed by atoms with Crippen molar-refractivity contribution in [2.45, 2.75) is 19.3 Å². The number of rotatable bonds is 4. The molecule has 0 fully saturated rings. The van der Waals surface area contributed by atoms with Crippen LogP contribution in [0.15, 0.2) is 67.0 Å². The molecule has 2 heterocycles. The average molecular weight is 361 g/mol. The summed E-state index contributed by atoms with van der Waals surface area (Å²) >= 11 is 0. The van der Waals surface area contributed by atoms with E-state index in [9.17, 15) is 4.79 Å². The quantitative estimate of drug-likeness (QED) is 0.656. The summed E-state index contributed by atoms with van der Waals surface area (Å²) in [4.78, 5) is 16.1. The predicted octanol–water partition coefficient (Wildman–Crippen LogP) is 4.07. The normalized spacial score (nSPS) is 15.1. The van der Waals surface area contributed by atoms with Gasteiger partial charge in [0, 0.05) is 18.0 Å². The van der Waals surface area contributed by atoms with Crippen LogP contribution in [0, 0.1) is 0 Å². The van der Waals surface area contributed by atoms with E-state index in [1.807, 2.05) is 36.4 Å². The maximum absolute atomic E-state index is 12.0. The molecule has 0 radical (unpaired) electrons. The fraction of sp³-hybridized carbons (Fsp3) is 0.182. The second-order valence-corrected chi connectivity index (χ2v) is 6.28. The molecule has 5 heteroatoms. The molecule has 1 atom stereocenters. The number of ether oxygens (including phenoxy) is 3. The van der Waals surface area contributed by atoms with E-state index < -0.39 is 0 Å². The lowest BCUT2D eigenvalue weighted by Gasteiger charge is -2.20. The summed E-state index contributed by atoms with van der Waals surface area (Å²) in [5, 5.41) is 0. The van der Waals surface area contributed by atoms with Gasteiger partial charge >= 0.3 is 5.97 Å². The van der Waals surface area contributed by atoms with Gasteiger partial charge in [-0.1, -0.05) is 30.3 Å². The fourth-order valence-electron chi connectivity index (χ4n) is 3.22. The first-order valence-corrected chi connectivity index (χ1v) is 8.69. The number of benzene rings is 2. The summed E-state index contributed by atoms with van der Waals surface area (Å²) in [7, 11) is 1.37. The van der Waals surface area contributed by atoms with Gasteiger partial charge in [-0.3, -0.25) is 4.98 Å². The van der Waals surface area contributed by atoms with Gasteiger partial charge in [-0.25, -0.2) is 4.79 Å². The summed E-state index contributed by atoms with van der Waals surface area (Å²) < 4.78 is 17.1. The van der Waals surface area contributed by atoms with Crippen molar-refractivity contribution in [2.24, 2.45) is 0 Å². The standard InChI is InChI=1S/C22H19NO4/c1-25-22(24)16-8-9-20-19(11-16)21(27-13-15-5-4-10-23-12-15)18-7-3-2-6-17(18)14-26-20/h2-12,21H,13-14H2,1H3. The number of methoxy groups -OCH3 is 1. The zero-order valence-corrected chi connectivity index (χ0v) is 14.9. The molecule has 0 bridgehead atoms. The molecule has 0 spiro atoms. The van der Waals surface area contributed by atoms with E-state index in [-0.39, 0.29) is 12.1 Å². The summed E-state index contributed by atoms with van der Waals surface area (Å²) in [6.07, 6.45) is 3.16. The SMILES string of the molecule is COC(=O)c1ccc2c(c1)C(OCc1cccnc1)c1ccccc1CO2. The third kappa shape index (κ3) is 3.55. The number of aromatic nitrogens is 1. The smallest absolute Gasteiger partial charge is 0.337 e. The third-order valence-corrected chi connectivity index (χ3v) is 4.57.